The van der Waals surface area contributed by atoms with Gasteiger partial charge in [0.1, 0.15) is 5.82 Å². The van der Waals surface area contributed by atoms with E-state index in [0.29, 0.717) is 38.6 Å². The molecule has 5 rings (SSSR count). The first-order valence-electron chi connectivity index (χ1n) is 8.82. The number of rotatable bonds is 3. The normalized spacial score (nSPS) is 13.0. The standard InChI is InChI=1S/C23H16FN3O/c1-2-13-6-3-4-9-15(13)19-17(24)11-10-16-21(25)20-18(26-22(16)19)12-27(23(20)28)14-7-5-8-14/h2-12,28H,1,25H2. The van der Waals surface area contributed by atoms with Crippen molar-refractivity contribution in [3.8, 4) is 17.0 Å². The maximum atomic E-state index is 14.9. The lowest BCUT2D eigenvalue weighted by molar-refractivity contribution is 0.450. The van der Waals surface area contributed by atoms with Crippen LogP contribution in [0.3, 0.4) is 0 Å². The highest BCUT2D eigenvalue weighted by Crippen LogP contribution is 2.41. The van der Waals surface area contributed by atoms with Crippen LogP contribution in [0.5, 0.6) is 5.88 Å². The second-order valence-corrected chi connectivity index (χ2v) is 6.67. The van der Waals surface area contributed by atoms with Crippen LogP contribution in [0.4, 0.5) is 10.1 Å². The number of pyridine rings is 1. The number of halogens is 1. The minimum Gasteiger partial charge on any atom is -0.494 e. The quantitative estimate of drug-likeness (QED) is 0.512. The number of aromatic nitrogens is 2. The fraction of sp³-hybridized carbons (Fsp3) is 0. The van der Waals surface area contributed by atoms with Crippen LogP contribution in [0, 0.1) is 5.82 Å². The molecule has 1 aliphatic rings. The molecular weight excluding hydrogens is 353 g/mol. The predicted octanol–water partition coefficient (Wildman–Crippen LogP) is 5.34. The molecule has 28 heavy (non-hydrogen) atoms. The Morgan fingerprint density at radius 3 is 2.68 bits per heavy atom. The molecule has 1 aliphatic carbocycles. The Morgan fingerprint density at radius 1 is 1.18 bits per heavy atom. The number of anilines is 1. The van der Waals surface area contributed by atoms with E-state index in [1.807, 2.05) is 42.5 Å². The number of aromatic hydroxyl groups is 1. The van der Waals surface area contributed by atoms with Gasteiger partial charge in [0.15, 0.2) is 0 Å². The lowest BCUT2D eigenvalue weighted by Crippen LogP contribution is -1.96. The molecule has 0 atom stereocenters. The van der Waals surface area contributed by atoms with Gasteiger partial charge in [0.05, 0.1) is 22.1 Å². The lowest BCUT2D eigenvalue weighted by atomic mass is 9.95. The van der Waals surface area contributed by atoms with E-state index < -0.39 is 0 Å². The summed E-state index contributed by atoms with van der Waals surface area (Å²) >= 11 is 0. The van der Waals surface area contributed by atoms with Gasteiger partial charge in [-0.25, -0.2) is 9.37 Å². The topological polar surface area (TPSA) is 64.1 Å². The van der Waals surface area contributed by atoms with Crippen molar-refractivity contribution >= 4 is 39.3 Å². The molecule has 3 N–H and O–H groups in total. The van der Waals surface area contributed by atoms with Crippen molar-refractivity contribution in [3.05, 3.63) is 78.8 Å². The number of nitrogens with zero attached hydrogens (tertiary/aromatic N) is 2. The number of benzene rings is 2. The van der Waals surface area contributed by atoms with Crippen LogP contribution in [-0.4, -0.2) is 14.7 Å². The number of hydrogen-bond acceptors (Lipinski definition) is 3. The van der Waals surface area contributed by atoms with Crippen LogP contribution < -0.4 is 5.73 Å². The van der Waals surface area contributed by atoms with E-state index in [9.17, 15) is 9.50 Å². The first-order chi connectivity index (χ1) is 13.6. The van der Waals surface area contributed by atoms with Gasteiger partial charge in [0, 0.05) is 22.8 Å². The Morgan fingerprint density at radius 2 is 1.96 bits per heavy atom. The van der Waals surface area contributed by atoms with E-state index in [0.717, 1.165) is 11.3 Å². The number of nitrogens with two attached hydrogens (primary N) is 1. The summed E-state index contributed by atoms with van der Waals surface area (Å²) in [4.78, 5) is 4.69. The number of allylic oxidation sites excluding steroid dienone is 4. The zero-order chi connectivity index (χ0) is 19.4. The first kappa shape index (κ1) is 16.3. The summed E-state index contributed by atoms with van der Waals surface area (Å²) in [5.41, 5.74) is 10.4. The van der Waals surface area contributed by atoms with Crippen molar-refractivity contribution < 1.29 is 9.50 Å². The molecule has 4 nitrogen and oxygen atoms in total. The molecule has 0 saturated heterocycles. The van der Waals surface area contributed by atoms with Crippen molar-refractivity contribution in [2.75, 3.05) is 5.73 Å². The summed E-state index contributed by atoms with van der Waals surface area (Å²) in [6.07, 6.45) is 9.03. The predicted molar refractivity (Wildman–Crippen MR) is 112 cm³/mol. The van der Waals surface area contributed by atoms with Gasteiger partial charge in [-0.05, 0) is 35.4 Å². The molecular formula is C23H16FN3O. The number of fused-ring (bicyclic) bond motifs is 2. The molecule has 2 aromatic carbocycles. The van der Waals surface area contributed by atoms with E-state index >= 15 is 0 Å². The van der Waals surface area contributed by atoms with Gasteiger partial charge < -0.3 is 10.8 Å². The van der Waals surface area contributed by atoms with Crippen LogP contribution in [0.2, 0.25) is 0 Å². The van der Waals surface area contributed by atoms with Crippen molar-refractivity contribution in [1.82, 2.24) is 9.55 Å². The minimum absolute atomic E-state index is 0.0230. The van der Waals surface area contributed by atoms with Crippen LogP contribution >= 0.6 is 0 Å². The Balaban J connectivity index is 1.90. The maximum Gasteiger partial charge on any atom is 0.207 e. The molecule has 0 unspecified atom stereocenters. The molecule has 0 aliphatic heterocycles. The molecule has 136 valence electrons. The molecule has 0 saturated carbocycles. The molecule has 0 bridgehead atoms. The third kappa shape index (κ3) is 2.13. The molecule has 4 aromatic rings. The van der Waals surface area contributed by atoms with Gasteiger partial charge in [0.2, 0.25) is 5.88 Å². The SMILES string of the molecule is C=Cc1ccccc1-c1c(F)ccc2c(N)c3c(O)n(C4=CC=C4)cc3nc12. The van der Waals surface area contributed by atoms with Gasteiger partial charge in [-0.1, -0.05) is 43.0 Å². The minimum atomic E-state index is -0.388. The average Bonchev–Trinajstić information content (AvgIpc) is 2.97. The van der Waals surface area contributed by atoms with Crippen molar-refractivity contribution in [3.63, 3.8) is 0 Å². The van der Waals surface area contributed by atoms with E-state index in [4.69, 9.17) is 5.73 Å². The highest BCUT2D eigenvalue weighted by atomic mass is 19.1. The fourth-order valence-electron chi connectivity index (χ4n) is 3.68. The molecule has 5 heteroatoms. The summed E-state index contributed by atoms with van der Waals surface area (Å²) in [5.74, 6) is -0.365. The van der Waals surface area contributed by atoms with Gasteiger partial charge >= 0.3 is 0 Å². The molecule has 0 radical (unpaired) electrons. The third-order valence-electron chi connectivity index (χ3n) is 5.14. The highest BCUT2D eigenvalue weighted by Gasteiger charge is 2.21. The smallest absolute Gasteiger partial charge is 0.207 e. The Bertz CT molecular complexity index is 1360. The second kappa shape index (κ2) is 5.82. The van der Waals surface area contributed by atoms with Crippen molar-refractivity contribution in [2.45, 2.75) is 0 Å². The summed E-state index contributed by atoms with van der Waals surface area (Å²) in [7, 11) is 0. The van der Waals surface area contributed by atoms with E-state index in [1.165, 1.54) is 6.07 Å². The van der Waals surface area contributed by atoms with Gasteiger partial charge in [-0.2, -0.15) is 0 Å². The zero-order valence-electron chi connectivity index (χ0n) is 14.9. The van der Waals surface area contributed by atoms with Gasteiger partial charge in [-0.3, -0.25) is 4.57 Å². The Labute approximate surface area is 160 Å². The van der Waals surface area contributed by atoms with Crippen LogP contribution in [0.15, 0.2) is 67.4 Å². The van der Waals surface area contributed by atoms with Crippen LogP contribution in [0.1, 0.15) is 5.56 Å². The molecule has 0 amide bonds. The first-order valence-corrected chi connectivity index (χ1v) is 8.82. The molecule has 0 spiro atoms. The van der Waals surface area contributed by atoms with E-state index in [1.54, 1.807) is 22.9 Å². The fourth-order valence-corrected chi connectivity index (χ4v) is 3.68. The molecule has 2 aromatic heterocycles. The van der Waals surface area contributed by atoms with E-state index in [2.05, 4.69) is 11.6 Å². The number of nitrogen functional groups attached to an aromatic ring is 1. The van der Waals surface area contributed by atoms with Crippen molar-refractivity contribution in [2.24, 2.45) is 0 Å². The Hall–Kier alpha value is -3.86. The van der Waals surface area contributed by atoms with Gasteiger partial charge in [-0.15, -0.1) is 0 Å². The lowest BCUT2D eigenvalue weighted by Gasteiger charge is -2.12. The average molecular weight is 369 g/mol. The monoisotopic (exact) mass is 369 g/mol. The molecule has 2 heterocycles. The maximum absolute atomic E-state index is 14.9. The van der Waals surface area contributed by atoms with Crippen LogP contribution in [-0.2, 0) is 0 Å². The second-order valence-electron chi connectivity index (χ2n) is 6.67. The summed E-state index contributed by atoms with van der Waals surface area (Å²) in [5, 5.41) is 11.7. The summed E-state index contributed by atoms with van der Waals surface area (Å²) in [6, 6.07) is 10.4. The third-order valence-corrected chi connectivity index (χ3v) is 5.14. The Kier molecular flexibility index (Phi) is 3.39. The van der Waals surface area contributed by atoms with Gasteiger partial charge in [0.25, 0.3) is 0 Å². The highest BCUT2D eigenvalue weighted by molar-refractivity contribution is 6.13. The zero-order valence-corrected chi connectivity index (χ0v) is 14.9. The largest absolute Gasteiger partial charge is 0.494 e. The van der Waals surface area contributed by atoms with Crippen molar-refractivity contribution in [1.29, 1.82) is 0 Å². The summed E-state index contributed by atoms with van der Waals surface area (Å²) < 4.78 is 16.6. The number of hydrogen-bond donors (Lipinski definition) is 2. The molecule has 0 fully saturated rings. The summed E-state index contributed by atoms with van der Waals surface area (Å²) in [6.45, 7) is 3.83. The van der Waals surface area contributed by atoms with E-state index in [-0.39, 0.29) is 11.7 Å². The van der Waals surface area contributed by atoms with Crippen LogP contribution in [0.25, 0.3) is 44.7 Å².